The van der Waals surface area contributed by atoms with Crippen molar-refractivity contribution in [2.45, 2.75) is 13.8 Å². The van der Waals surface area contributed by atoms with Gasteiger partial charge in [0.1, 0.15) is 0 Å². The molecule has 2 amide bonds. The van der Waals surface area contributed by atoms with E-state index in [-0.39, 0.29) is 16.8 Å². The normalized spacial score (nSPS) is 13.7. The Balaban J connectivity index is 1.42. The number of hydrogen-bond acceptors (Lipinski definition) is 4. The molecule has 0 radical (unpaired) electrons. The van der Waals surface area contributed by atoms with Gasteiger partial charge in [0, 0.05) is 23.7 Å². The molecule has 3 aromatic carbocycles. The third kappa shape index (κ3) is 3.75. The molecule has 2 aliphatic heterocycles. The maximum atomic E-state index is 13.5. The Morgan fingerprint density at radius 1 is 0.939 bits per heavy atom. The highest BCUT2D eigenvalue weighted by Crippen LogP contribution is 2.38. The highest BCUT2D eigenvalue weighted by molar-refractivity contribution is 6.35. The van der Waals surface area contributed by atoms with Gasteiger partial charge in [-0.2, -0.15) is 0 Å². The summed E-state index contributed by atoms with van der Waals surface area (Å²) in [5, 5.41) is 5.05. The van der Waals surface area contributed by atoms with Crippen LogP contribution in [0.25, 0.3) is 0 Å². The third-order valence-electron chi connectivity index (χ3n) is 5.67. The number of anilines is 3. The van der Waals surface area contributed by atoms with E-state index in [4.69, 9.17) is 11.6 Å². The molecule has 0 atom stereocenters. The molecule has 0 bridgehead atoms. The molecule has 0 saturated heterocycles. The molecule has 2 aliphatic rings. The van der Waals surface area contributed by atoms with Crippen molar-refractivity contribution in [2.24, 2.45) is 0 Å². The second-order valence-corrected chi connectivity index (χ2v) is 8.39. The monoisotopic (exact) mass is 456 g/mol. The Hall–Kier alpha value is -4.03. The minimum Gasteiger partial charge on any atom is -0.322 e. The van der Waals surface area contributed by atoms with Crippen LogP contribution in [0.1, 0.15) is 31.8 Å². The first-order valence-electron chi connectivity index (χ1n) is 10.5. The molecule has 0 aromatic heterocycles. The number of rotatable bonds is 3. The molecule has 7 heteroatoms. The van der Waals surface area contributed by atoms with Gasteiger partial charge in [0.2, 0.25) is 0 Å². The number of nitrogens with zero attached hydrogens (tertiary/aromatic N) is 2. The maximum Gasteiger partial charge on any atom is 0.263 e. The summed E-state index contributed by atoms with van der Waals surface area (Å²) < 4.78 is 0. The zero-order valence-electron chi connectivity index (χ0n) is 18.1. The van der Waals surface area contributed by atoms with Gasteiger partial charge in [0.25, 0.3) is 11.8 Å². The standard InChI is InChI=1S/C26H21ClN4O2/c1-16-7-8-17(2)21(13-16)25(32)29-18-9-10-20(22(27)14-18)26(33)30-15-19-11-12-28-31(19)24-6-4-3-5-23(24)30/h3-15,28H,1-2H3,(H,29,32). The molecule has 5 rings (SSSR count). The summed E-state index contributed by atoms with van der Waals surface area (Å²) in [7, 11) is 0. The summed E-state index contributed by atoms with van der Waals surface area (Å²) in [5.41, 5.74) is 8.96. The molecule has 2 heterocycles. The number of benzene rings is 3. The van der Waals surface area contributed by atoms with Crippen molar-refractivity contribution in [1.82, 2.24) is 5.43 Å². The number of nitrogens with one attached hydrogen (secondary N) is 2. The molecule has 0 spiro atoms. The van der Waals surface area contributed by atoms with E-state index in [0.29, 0.717) is 16.8 Å². The van der Waals surface area contributed by atoms with Gasteiger partial charge in [-0.05, 0) is 61.9 Å². The topological polar surface area (TPSA) is 64.7 Å². The lowest BCUT2D eigenvalue weighted by Crippen LogP contribution is -2.37. The van der Waals surface area contributed by atoms with Gasteiger partial charge in [-0.15, -0.1) is 0 Å². The van der Waals surface area contributed by atoms with Crippen LogP contribution in [-0.2, 0) is 0 Å². The number of fused-ring (bicyclic) bond motifs is 3. The largest absolute Gasteiger partial charge is 0.322 e. The van der Waals surface area contributed by atoms with E-state index in [9.17, 15) is 9.59 Å². The first kappa shape index (κ1) is 20.8. The maximum absolute atomic E-state index is 13.5. The van der Waals surface area contributed by atoms with Crippen molar-refractivity contribution in [3.8, 4) is 0 Å². The van der Waals surface area contributed by atoms with E-state index in [1.54, 1.807) is 29.3 Å². The van der Waals surface area contributed by atoms with Crippen LogP contribution in [0.3, 0.4) is 0 Å². The lowest BCUT2D eigenvalue weighted by Gasteiger charge is -2.33. The quantitative estimate of drug-likeness (QED) is 0.542. The molecule has 0 saturated carbocycles. The Morgan fingerprint density at radius 3 is 2.52 bits per heavy atom. The third-order valence-corrected chi connectivity index (χ3v) is 5.99. The molecule has 33 heavy (non-hydrogen) atoms. The summed E-state index contributed by atoms with van der Waals surface area (Å²) >= 11 is 6.51. The fourth-order valence-corrected chi connectivity index (χ4v) is 4.22. The lowest BCUT2D eigenvalue weighted by molar-refractivity contribution is 0.0995. The fourth-order valence-electron chi connectivity index (χ4n) is 3.96. The van der Waals surface area contributed by atoms with Crippen molar-refractivity contribution in [3.63, 3.8) is 0 Å². The van der Waals surface area contributed by atoms with Crippen molar-refractivity contribution in [2.75, 3.05) is 15.2 Å². The van der Waals surface area contributed by atoms with Gasteiger partial charge >= 0.3 is 0 Å². The second-order valence-electron chi connectivity index (χ2n) is 7.98. The Morgan fingerprint density at radius 2 is 1.73 bits per heavy atom. The van der Waals surface area contributed by atoms with Crippen LogP contribution in [0, 0.1) is 13.8 Å². The molecule has 0 fully saturated rings. The van der Waals surface area contributed by atoms with Crippen LogP contribution in [0.4, 0.5) is 17.1 Å². The molecule has 164 valence electrons. The van der Waals surface area contributed by atoms with Crippen molar-refractivity contribution in [1.29, 1.82) is 0 Å². The second kappa shape index (κ2) is 8.15. The predicted molar refractivity (Wildman–Crippen MR) is 131 cm³/mol. The minimum absolute atomic E-state index is 0.221. The van der Waals surface area contributed by atoms with Crippen LogP contribution in [0.2, 0.25) is 5.02 Å². The SMILES string of the molecule is Cc1ccc(C)c(C(=O)Nc2ccc(C(=O)N3C=C4C=CNN4c4ccccc43)c(Cl)c2)c1. The summed E-state index contributed by atoms with van der Waals surface area (Å²) in [6, 6.07) is 18.3. The fraction of sp³-hybridized carbons (Fsp3) is 0.0769. The average Bonchev–Trinajstić information content (AvgIpc) is 3.29. The van der Waals surface area contributed by atoms with E-state index < -0.39 is 0 Å². The van der Waals surface area contributed by atoms with Crippen molar-refractivity contribution in [3.05, 3.63) is 112 Å². The number of hydrazine groups is 1. The number of allylic oxidation sites excluding steroid dienone is 1. The Kier molecular flexibility index (Phi) is 5.15. The summed E-state index contributed by atoms with van der Waals surface area (Å²) in [6.45, 7) is 3.84. The number of hydrogen-bond donors (Lipinski definition) is 2. The summed E-state index contributed by atoms with van der Waals surface area (Å²) in [5.74, 6) is -0.478. The van der Waals surface area contributed by atoms with Gasteiger partial charge in [-0.1, -0.05) is 41.4 Å². The minimum atomic E-state index is -0.257. The number of amides is 2. The van der Waals surface area contributed by atoms with Gasteiger partial charge in [-0.25, -0.2) is 0 Å². The number of aryl methyl sites for hydroxylation is 2. The molecule has 6 nitrogen and oxygen atoms in total. The van der Waals surface area contributed by atoms with E-state index in [1.165, 1.54) is 0 Å². The van der Waals surface area contributed by atoms with Gasteiger partial charge < -0.3 is 10.7 Å². The molecule has 3 aromatic rings. The molecule has 0 unspecified atom stereocenters. The first-order valence-corrected chi connectivity index (χ1v) is 10.9. The van der Waals surface area contributed by atoms with E-state index in [0.717, 1.165) is 28.2 Å². The highest BCUT2D eigenvalue weighted by atomic mass is 35.5. The summed E-state index contributed by atoms with van der Waals surface area (Å²) in [4.78, 5) is 27.8. The molecular weight excluding hydrogens is 436 g/mol. The van der Waals surface area contributed by atoms with Crippen molar-refractivity contribution >= 4 is 40.5 Å². The molecule has 2 N–H and O–H groups in total. The Labute approximate surface area is 196 Å². The number of carbonyl (C=O) groups is 2. The lowest BCUT2D eigenvalue weighted by atomic mass is 10.0. The van der Waals surface area contributed by atoms with Crippen LogP contribution in [-0.4, -0.2) is 11.8 Å². The number of carbonyl (C=O) groups excluding carboxylic acids is 2. The highest BCUT2D eigenvalue weighted by Gasteiger charge is 2.30. The summed E-state index contributed by atoms with van der Waals surface area (Å²) in [6.07, 6.45) is 5.48. The van der Waals surface area contributed by atoms with Gasteiger partial charge in [-0.3, -0.25) is 19.5 Å². The predicted octanol–water partition coefficient (Wildman–Crippen LogP) is 5.55. The van der Waals surface area contributed by atoms with Crippen LogP contribution < -0.4 is 20.7 Å². The zero-order valence-corrected chi connectivity index (χ0v) is 18.9. The zero-order chi connectivity index (χ0) is 23.1. The van der Waals surface area contributed by atoms with Gasteiger partial charge in [0.05, 0.1) is 27.7 Å². The van der Waals surface area contributed by atoms with Crippen LogP contribution in [0.15, 0.2) is 84.8 Å². The Bertz CT molecular complexity index is 1360. The van der Waals surface area contributed by atoms with Crippen LogP contribution in [0.5, 0.6) is 0 Å². The number of para-hydroxylation sites is 2. The van der Waals surface area contributed by atoms with E-state index >= 15 is 0 Å². The molecular formula is C26H21ClN4O2. The smallest absolute Gasteiger partial charge is 0.263 e. The first-order chi connectivity index (χ1) is 15.9. The number of halogens is 1. The molecule has 0 aliphatic carbocycles. The van der Waals surface area contributed by atoms with E-state index in [2.05, 4.69) is 10.7 Å². The average molecular weight is 457 g/mol. The van der Waals surface area contributed by atoms with E-state index in [1.807, 2.05) is 73.6 Å². The van der Waals surface area contributed by atoms with Crippen LogP contribution >= 0.6 is 11.6 Å². The van der Waals surface area contributed by atoms with Gasteiger partial charge in [0.15, 0.2) is 0 Å². The van der Waals surface area contributed by atoms with Crippen molar-refractivity contribution < 1.29 is 9.59 Å².